The largest absolute Gasteiger partial charge is 0.352 e. The van der Waals surface area contributed by atoms with E-state index in [-0.39, 0.29) is 11.8 Å². The van der Waals surface area contributed by atoms with E-state index in [0.29, 0.717) is 24.7 Å². The molecule has 1 aliphatic heterocycles. The van der Waals surface area contributed by atoms with Gasteiger partial charge in [0.15, 0.2) is 9.84 Å². The Morgan fingerprint density at radius 2 is 2.33 bits per heavy atom. The Kier molecular flexibility index (Phi) is 4.34. The lowest BCUT2D eigenvalue weighted by Crippen LogP contribution is -2.50. The molecule has 4 N–H and O–H groups in total. The highest BCUT2D eigenvalue weighted by Gasteiger charge is 2.25. The average Bonchev–Trinajstić information content (AvgIpc) is 2.15. The van der Waals surface area contributed by atoms with Crippen molar-refractivity contribution in [3.05, 3.63) is 0 Å². The zero-order chi connectivity index (χ0) is 11.3. The summed E-state index contributed by atoms with van der Waals surface area (Å²) in [6.45, 7) is 2.49. The van der Waals surface area contributed by atoms with Crippen LogP contribution in [0.3, 0.4) is 0 Å². The first kappa shape index (κ1) is 12.3. The van der Waals surface area contributed by atoms with Crippen molar-refractivity contribution in [1.82, 2.24) is 10.7 Å². The normalized spacial score (nSPS) is 26.0. The molecule has 0 aromatic heterocycles. The minimum Gasteiger partial charge on any atom is -0.352 e. The van der Waals surface area contributed by atoms with Gasteiger partial charge in [-0.2, -0.15) is 0 Å². The van der Waals surface area contributed by atoms with Crippen molar-refractivity contribution >= 4 is 15.8 Å². The third kappa shape index (κ3) is 4.05. The van der Waals surface area contributed by atoms with Crippen molar-refractivity contribution in [2.75, 3.05) is 18.1 Å². The van der Waals surface area contributed by atoms with Gasteiger partial charge in [-0.15, -0.1) is 0 Å². The maximum absolute atomic E-state index is 11.4. The maximum Gasteiger partial charge on any atom is 0.205 e. The third-order valence-corrected chi connectivity index (χ3v) is 4.08. The SMILES string of the molecule is CCN=C(NN)NC1CCCS(=O)(=O)C1. The molecule has 0 aliphatic carbocycles. The van der Waals surface area contributed by atoms with Crippen LogP contribution >= 0.6 is 0 Å². The van der Waals surface area contributed by atoms with Crippen molar-refractivity contribution in [2.45, 2.75) is 25.8 Å². The Hall–Kier alpha value is -0.820. The van der Waals surface area contributed by atoms with Gasteiger partial charge in [0.2, 0.25) is 5.96 Å². The number of guanidine groups is 1. The van der Waals surface area contributed by atoms with Crippen molar-refractivity contribution in [1.29, 1.82) is 0 Å². The molecule has 0 spiro atoms. The quantitative estimate of drug-likeness (QED) is 0.246. The highest BCUT2D eigenvalue weighted by Crippen LogP contribution is 2.11. The number of hydrogen-bond donors (Lipinski definition) is 3. The summed E-state index contributed by atoms with van der Waals surface area (Å²) in [6.07, 6.45) is 1.54. The molecule has 0 aromatic carbocycles. The molecule has 1 atom stereocenters. The first-order chi connectivity index (χ1) is 7.07. The van der Waals surface area contributed by atoms with Gasteiger partial charge in [-0.05, 0) is 19.8 Å². The fourth-order valence-electron chi connectivity index (χ4n) is 1.62. The number of rotatable bonds is 2. The predicted octanol–water partition coefficient (Wildman–Crippen LogP) is -1.01. The molecule has 0 amide bonds. The van der Waals surface area contributed by atoms with Crippen molar-refractivity contribution < 1.29 is 8.42 Å². The summed E-state index contributed by atoms with van der Waals surface area (Å²) in [5.41, 5.74) is 2.42. The van der Waals surface area contributed by atoms with Crippen LogP contribution in [0.2, 0.25) is 0 Å². The van der Waals surface area contributed by atoms with Gasteiger partial charge in [0, 0.05) is 12.6 Å². The minimum atomic E-state index is -2.89. The fourth-order valence-corrected chi connectivity index (χ4v) is 3.26. The zero-order valence-electron chi connectivity index (χ0n) is 8.86. The van der Waals surface area contributed by atoms with Gasteiger partial charge in [-0.3, -0.25) is 10.4 Å². The van der Waals surface area contributed by atoms with Crippen LogP contribution < -0.4 is 16.6 Å². The molecule has 1 unspecified atom stereocenters. The van der Waals surface area contributed by atoms with E-state index in [2.05, 4.69) is 15.7 Å². The van der Waals surface area contributed by atoms with E-state index in [1.165, 1.54) is 0 Å². The number of hydrazine groups is 1. The summed E-state index contributed by atoms with van der Waals surface area (Å²) in [5.74, 6) is 6.17. The molecule has 1 fully saturated rings. The van der Waals surface area contributed by atoms with Gasteiger partial charge in [-0.1, -0.05) is 0 Å². The lowest BCUT2D eigenvalue weighted by Gasteiger charge is -2.24. The third-order valence-electron chi connectivity index (χ3n) is 2.26. The number of nitrogens with two attached hydrogens (primary N) is 1. The lowest BCUT2D eigenvalue weighted by molar-refractivity contribution is 0.527. The van der Waals surface area contributed by atoms with E-state index >= 15 is 0 Å². The number of nitrogens with one attached hydrogen (secondary N) is 2. The molecule has 1 aliphatic rings. The second-order valence-electron chi connectivity index (χ2n) is 3.57. The van der Waals surface area contributed by atoms with Gasteiger partial charge in [0.1, 0.15) is 0 Å². The summed E-state index contributed by atoms with van der Waals surface area (Å²) < 4.78 is 22.7. The van der Waals surface area contributed by atoms with E-state index in [9.17, 15) is 8.42 Å². The van der Waals surface area contributed by atoms with Crippen molar-refractivity contribution in [2.24, 2.45) is 10.8 Å². The summed E-state index contributed by atoms with van der Waals surface area (Å²) in [5, 5.41) is 3.00. The Balaban J connectivity index is 2.54. The van der Waals surface area contributed by atoms with Crippen LogP contribution in [0.1, 0.15) is 19.8 Å². The van der Waals surface area contributed by atoms with Gasteiger partial charge in [-0.25, -0.2) is 14.3 Å². The zero-order valence-corrected chi connectivity index (χ0v) is 9.68. The van der Waals surface area contributed by atoms with E-state index in [0.717, 1.165) is 6.42 Å². The summed E-state index contributed by atoms with van der Waals surface area (Å²) in [7, 11) is -2.89. The topological polar surface area (TPSA) is 96.6 Å². The molecule has 0 saturated carbocycles. The molecule has 6 nitrogen and oxygen atoms in total. The maximum atomic E-state index is 11.4. The molecular weight excluding hydrogens is 216 g/mol. The van der Waals surface area contributed by atoms with Crippen LogP contribution in [0.4, 0.5) is 0 Å². The molecule has 7 heteroatoms. The molecule has 15 heavy (non-hydrogen) atoms. The van der Waals surface area contributed by atoms with Gasteiger partial charge in [0.25, 0.3) is 0 Å². The molecule has 1 rings (SSSR count). The van der Waals surface area contributed by atoms with Gasteiger partial charge < -0.3 is 5.32 Å². The predicted molar refractivity (Wildman–Crippen MR) is 60.1 cm³/mol. The van der Waals surface area contributed by atoms with E-state index < -0.39 is 9.84 Å². The standard InChI is InChI=1S/C8H18N4O2S/c1-2-10-8(12-9)11-7-4-3-5-15(13,14)6-7/h7H,2-6,9H2,1H3,(H2,10,11,12). The second kappa shape index (κ2) is 5.32. The second-order valence-corrected chi connectivity index (χ2v) is 5.79. The molecule has 0 radical (unpaired) electrons. The molecular formula is C8H18N4O2S. The van der Waals surface area contributed by atoms with E-state index in [4.69, 9.17) is 5.84 Å². The molecule has 0 bridgehead atoms. The van der Waals surface area contributed by atoms with Crippen molar-refractivity contribution in [3.63, 3.8) is 0 Å². The molecule has 88 valence electrons. The molecule has 0 aromatic rings. The van der Waals surface area contributed by atoms with Crippen LogP contribution in [-0.2, 0) is 9.84 Å². The highest BCUT2D eigenvalue weighted by atomic mass is 32.2. The van der Waals surface area contributed by atoms with E-state index in [1.54, 1.807) is 0 Å². The smallest absolute Gasteiger partial charge is 0.205 e. The van der Waals surface area contributed by atoms with Crippen molar-refractivity contribution in [3.8, 4) is 0 Å². The van der Waals surface area contributed by atoms with Crippen LogP contribution in [-0.4, -0.2) is 38.5 Å². The Morgan fingerprint density at radius 3 is 2.87 bits per heavy atom. The minimum absolute atomic E-state index is 0.0786. The fraction of sp³-hybridized carbons (Fsp3) is 0.875. The molecule has 1 heterocycles. The molecule has 1 saturated heterocycles. The first-order valence-corrected chi connectivity index (χ1v) is 6.87. The first-order valence-electron chi connectivity index (χ1n) is 5.05. The Morgan fingerprint density at radius 1 is 1.60 bits per heavy atom. The lowest BCUT2D eigenvalue weighted by atomic mass is 10.2. The number of aliphatic imine (C=N–C) groups is 1. The number of hydrogen-bond acceptors (Lipinski definition) is 4. The number of nitrogens with zero attached hydrogens (tertiary/aromatic N) is 1. The summed E-state index contributed by atoms with van der Waals surface area (Å²) in [4.78, 5) is 4.06. The van der Waals surface area contributed by atoms with Gasteiger partial charge >= 0.3 is 0 Å². The highest BCUT2D eigenvalue weighted by molar-refractivity contribution is 7.91. The average molecular weight is 234 g/mol. The van der Waals surface area contributed by atoms with Crippen LogP contribution in [0.5, 0.6) is 0 Å². The number of sulfone groups is 1. The van der Waals surface area contributed by atoms with Crippen LogP contribution in [0, 0.1) is 0 Å². The van der Waals surface area contributed by atoms with Gasteiger partial charge in [0.05, 0.1) is 11.5 Å². The summed E-state index contributed by atoms with van der Waals surface area (Å²) >= 11 is 0. The van der Waals surface area contributed by atoms with E-state index in [1.807, 2.05) is 6.92 Å². The Labute approximate surface area is 90.2 Å². The summed E-state index contributed by atoms with van der Waals surface area (Å²) in [6, 6.07) is -0.0786. The van der Waals surface area contributed by atoms with Crippen LogP contribution in [0.25, 0.3) is 0 Å². The van der Waals surface area contributed by atoms with Crippen LogP contribution in [0.15, 0.2) is 4.99 Å². The monoisotopic (exact) mass is 234 g/mol. The Bertz CT molecular complexity index is 326.